The molecular formula is C21H36O2. The Labute approximate surface area is 142 Å². The standard InChI is InChI=1S/C14H20.C7H16O2/c1-10-6-7-11-12(8-10)14(4,5)9-13(11,2)3;1-6(2,8)5-7(3,4)9/h6-8H,9H2,1-5H3;8-9H,5H2,1-4H3. The molecular weight excluding hydrogens is 284 g/mol. The molecule has 0 aromatic heterocycles. The lowest BCUT2D eigenvalue weighted by Gasteiger charge is -2.26. The summed E-state index contributed by atoms with van der Waals surface area (Å²) >= 11 is 0. The Morgan fingerprint density at radius 2 is 1.30 bits per heavy atom. The first-order valence-electron chi connectivity index (χ1n) is 8.60. The van der Waals surface area contributed by atoms with E-state index in [1.165, 1.54) is 12.0 Å². The van der Waals surface area contributed by atoms with E-state index in [0.29, 0.717) is 17.3 Å². The first-order chi connectivity index (χ1) is 10.0. The predicted molar refractivity (Wildman–Crippen MR) is 99.1 cm³/mol. The van der Waals surface area contributed by atoms with Gasteiger partial charge in [-0.05, 0) is 63.0 Å². The fourth-order valence-electron chi connectivity index (χ4n) is 4.16. The van der Waals surface area contributed by atoms with Gasteiger partial charge in [0, 0.05) is 6.42 Å². The van der Waals surface area contributed by atoms with Gasteiger partial charge in [0.05, 0.1) is 11.2 Å². The van der Waals surface area contributed by atoms with Gasteiger partial charge in [-0.15, -0.1) is 0 Å². The molecule has 2 heteroatoms. The van der Waals surface area contributed by atoms with E-state index in [9.17, 15) is 10.2 Å². The van der Waals surface area contributed by atoms with E-state index in [4.69, 9.17) is 0 Å². The van der Waals surface area contributed by atoms with E-state index in [-0.39, 0.29) is 0 Å². The average molecular weight is 321 g/mol. The maximum atomic E-state index is 9.19. The molecule has 0 unspecified atom stereocenters. The zero-order valence-electron chi connectivity index (χ0n) is 16.5. The fraction of sp³-hybridized carbons (Fsp3) is 0.714. The van der Waals surface area contributed by atoms with Gasteiger partial charge in [0.2, 0.25) is 0 Å². The van der Waals surface area contributed by atoms with Crippen LogP contribution in [0.4, 0.5) is 0 Å². The minimum Gasteiger partial charge on any atom is -0.390 e. The molecule has 132 valence electrons. The summed E-state index contributed by atoms with van der Waals surface area (Å²) in [6.45, 7) is 18.4. The summed E-state index contributed by atoms with van der Waals surface area (Å²) in [4.78, 5) is 0. The highest BCUT2D eigenvalue weighted by atomic mass is 16.3. The minimum absolute atomic E-state index is 0.352. The summed E-state index contributed by atoms with van der Waals surface area (Å²) in [6.07, 6.45) is 1.67. The number of aliphatic hydroxyl groups is 2. The number of fused-ring (bicyclic) bond motifs is 1. The second-order valence-corrected chi connectivity index (χ2v) is 9.80. The smallest absolute Gasteiger partial charge is 0.0618 e. The lowest BCUT2D eigenvalue weighted by Crippen LogP contribution is -2.32. The Hall–Kier alpha value is -0.860. The maximum Gasteiger partial charge on any atom is 0.0618 e. The molecule has 2 N–H and O–H groups in total. The Bertz CT molecular complexity index is 528. The van der Waals surface area contributed by atoms with Gasteiger partial charge in [0.25, 0.3) is 0 Å². The molecule has 0 bridgehead atoms. The van der Waals surface area contributed by atoms with Crippen LogP contribution in [-0.4, -0.2) is 21.4 Å². The second-order valence-electron chi connectivity index (χ2n) is 9.80. The third-order valence-corrected chi connectivity index (χ3v) is 4.38. The molecule has 0 heterocycles. The van der Waals surface area contributed by atoms with Crippen LogP contribution in [0.5, 0.6) is 0 Å². The van der Waals surface area contributed by atoms with E-state index >= 15 is 0 Å². The topological polar surface area (TPSA) is 40.5 Å². The van der Waals surface area contributed by atoms with Gasteiger partial charge in [-0.1, -0.05) is 51.5 Å². The minimum atomic E-state index is -0.766. The molecule has 1 aliphatic rings. The molecule has 0 amide bonds. The van der Waals surface area contributed by atoms with Crippen LogP contribution in [0.25, 0.3) is 0 Å². The SMILES string of the molecule is CC(C)(O)CC(C)(C)O.Cc1ccc2c(c1)C(C)(C)CC2(C)C. The number of rotatable bonds is 2. The van der Waals surface area contributed by atoms with Crippen molar-refractivity contribution in [1.29, 1.82) is 0 Å². The van der Waals surface area contributed by atoms with Crippen LogP contribution < -0.4 is 0 Å². The van der Waals surface area contributed by atoms with Crippen molar-refractivity contribution in [2.24, 2.45) is 0 Å². The Kier molecular flexibility index (Phi) is 5.46. The van der Waals surface area contributed by atoms with Crippen LogP contribution >= 0.6 is 0 Å². The van der Waals surface area contributed by atoms with Gasteiger partial charge in [0.1, 0.15) is 0 Å². The molecule has 0 radical (unpaired) electrons. The van der Waals surface area contributed by atoms with Gasteiger partial charge in [-0.2, -0.15) is 0 Å². The monoisotopic (exact) mass is 320 g/mol. The zero-order valence-corrected chi connectivity index (χ0v) is 16.5. The third-order valence-electron chi connectivity index (χ3n) is 4.38. The molecule has 0 saturated heterocycles. The van der Waals surface area contributed by atoms with Gasteiger partial charge in [-0.25, -0.2) is 0 Å². The van der Waals surface area contributed by atoms with E-state index < -0.39 is 11.2 Å². The molecule has 0 saturated carbocycles. The molecule has 2 nitrogen and oxygen atoms in total. The van der Waals surface area contributed by atoms with Crippen LogP contribution in [0.2, 0.25) is 0 Å². The number of hydrogen-bond donors (Lipinski definition) is 2. The van der Waals surface area contributed by atoms with E-state index in [1.54, 1.807) is 38.8 Å². The van der Waals surface area contributed by atoms with Crippen LogP contribution in [0.1, 0.15) is 84.9 Å². The third kappa shape index (κ3) is 5.93. The molecule has 0 atom stereocenters. The zero-order chi connectivity index (χ0) is 18.3. The largest absolute Gasteiger partial charge is 0.390 e. The maximum absolute atomic E-state index is 9.19. The predicted octanol–water partition coefficient (Wildman–Crippen LogP) is 4.87. The first kappa shape index (κ1) is 20.2. The summed E-state index contributed by atoms with van der Waals surface area (Å²) < 4.78 is 0. The summed E-state index contributed by atoms with van der Waals surface area (Å²) in [5.41, 5.74) is 3.67. The first-order valence-corrected chi connectivity index (χ1v) is 8.60. The van der Waals surface area contributed by atoms with Crippen molar-refractivity contribution in [3.05, 3.63) is 34.9 Å². The molecule has 1 aromatic carbocycles. The van der Waals surface area contributed by atoms with Crippen molar-refractivity contribution in [3.63, 3.8) is 0 Å². The highest BCUT2D eigenvalue weighted by molar-refractivity contribution is 5.46. The Morgan fingerprint density at radius 3 is 1.70 bits per heavy atom. The molecule has 0 aliphatic heterocycles. The lowest BCUT2D eigenvalue weighted by atomic mass is 9.82. The molecule has 1 aliphatic carbocycles. The van der Waals surface area contributed by atoms with Gasteiger partial charge in [0.15, 0.2) is 0 Å². The summed E-state index contributed by atoms with van der Waals surface area (Å²) in [5, 5.41) is 18.4. The van der Waals surface area contributed by atoms with Crippen molar-refractivity contribution < 1.29 is 10.2 Å². The number of aryl methyl sites for hydroxylation is 1. The number of hydrogen-bond acceptors (Lipinski definition) is 2. The normalized spacial score (nSPS) is 18.9. The second kappa shape index (κ2) is 6.22. The molecule has 0 fully saturated rings. The van der Waals surface area contributed by atoms with Crippen molar-refractivity contribution in [3.8, 4) is 0 Å². The average Bonchev–Trinajstić information content (AvgIpc) is 2.39. The number of benzene rings is 1. The van der Waals surface area contributed by atoms with Crippen molar-refractivity contribution in [1.82, 2.24) is 0 Å². The highest BCUT2D eigenvalue weighted by Gasteiger charge is 2.41. The lowest BCUT2D eigenvalue weighted by molar-refractivity contribution is -0.0244. The Morgan fingerprint density at radius 1 is 0.870 bits per heavy atom. The highest BCUT2D eigenvalue weighted by Crippen LogP contribution is 2.49. The van der Waals surface area contributed by atoms with Crippen molar-refractivity contribution >= 4 is 0 Å². The van der Waals surface area contributed by atoms with E-state index in [0.717, 1.165) is 0 Å². The summed E-state index contributed by atoms with van der Waals surface area (Å²) in [5.74, 6) is 0. The van der Waals surface area contributed by atoms with Crippen LogP contribution in [0.15, 0.2) is 18.2 Å². The summed E-state index contributed by atoms with van der Waals surface area (Å²) in [6, 6.07) is 6.92. The van der Waals surface area contributed by atoms with Gasteiger partial charge >= 0.3 is 0 Å². The van der Waals surface area contributed by atoms with Crippen LogP contribution in [0, 0.1) is 6.92 Å². The van der Waals surface area contributed by atoms with Crippen molar-refractivity contribution in [2.75, 3.05) is 0 Å². The summed E-state index contributed by atoms with van der Waals surface area (Å²) in [7, 11) is 0. The van der Waals surface area contributed by atoms with Crippen molar-refractivity contribution in [2.45, 2.75) is 97.2 Å². The van der Waals surface area contributed by atoms with Gasteiger partial charge < -0.3 is 10.2 Å². The van der Waals surface area contributed by atoms with E-state index in [1.807, 2.05) is 0 Å². The van der Waals surface area contributed by atoms with Gasteiger partial charge in [-0.3, -0.25) is 0 Å². The fourth-order valence-corrected chi connectivity index (χ4v) is 4.16. The van der Waals surface area contributed by atoms with E-state index in [2.05, 4.69) is 52.8 Å². The van der Waals surface area contributed by atoms with Crippen LogP contribution in [-0.2, 0) is 10.8 Å². The molecule has 0 spiro atoms. The Balaban J connectivity index is 0.000000257. The molecule has 23 heavy (non-hydrogen) atoms. The quantitative estimate of drug-likeness (QED) is 0.816. The molecule has 2 rings (SSSR count). The van der Waals surface area contributed by atoms with Crippen LogP contribution in [0.3, 0.4) is 0 Å². The molecule has 1 aromatic rings.